The zero-order chi connectivity index (χ0) is 13.1. The third kappa shape index (κ3) is 3.10. The molecule has 0 aliphatic carbocycles. The Hall–Kier alpha value is -1.37. The summed E-state index contributed by atoms with van der Waals surface area (Å²) < 4.78 is 5.45. The number of hydrogen-bond acceptors (Lipinski definition) is 5. The molecule has 5 nitrogen and oxygen atoms in total. The summed E-state index contributed by atoms with van der Waals surface area (Å²) in [5.41, 5.74) is 0. The standard InChI is InChI=1S/C10H7Cl2N3O2S/c1-17-8-4-6(11)13-10(14-8)15-9(16)5-2-3-7(12)18-5/h2-4H,1H3,(H,13,14,15,16). The van der Waals surface area contributed by atoms with Crippen molar-refractivity contribution in [3.05, 3.63) is 32.6 Å². The number of amides is 1. The summed E-state index contributed by atoms with van der Waals surface area (Å²) >= 11 is 12.7. The zero-order valence-electron chi connectivity index (χ0n) is 9.11. The molecule has 0 fully saturated rings. The number of ether oxygens (including phenoxy) is 1. The van der Waals surface area contributed by atoms with E-state index in [1.165, 1.54) is 13.2 Å². The maximum atomic E-state index is 11.8. The lowest BCUT2D eigenvalue weighted by molar-refractivity contribution is 0.102. The lowest BCUT2D eigenvalue weighted by Crippen LogP contribution is -2.13. The summed E-state index contributed by atoms with van der Waals surface area (Å²) in [4.78, 5) is 20.1. The average molecular weight is 304 g/mol. The highest BCUT2D eigenvalue weighted by Crippen LogP contribution is 2.22. The molecule has 0 aliphatic rings. The van der Waals surface area contributed by atoms with Crippen LogP contribution in [0.3, 0.4) is 0 Å². The Kier molecular flexibility index (Phi) is 4.00. The summed E-state index contributed by atoms with van der Waals surface area (Å²) in [5.74, 6) is -0.000367. The molecule has 0 unspecified atom stereocenters. The SMILES string of the molecule is COc1cc(Cl)nc(NC(=O)c2ccc(Cl)s2)n1. The molecular formula is C10H7Cl2N3O2S. The first kappa shape index (κ1) is 13.1. The summed E-state index contributed by atoms with van der Waals surface area (Å²) in [6.45, 7) is 0. The van der Waals surface area contributed by atoms with Crippen LogP contribution in [0.1, 0.15) is 9.67 Å². The van der Waals surface area contributed by atoms with Gasteiger partial charge in [-0.1, -0.05) is 23.2 Å². The molecule has 2 aromatic heterocycles. The van der Waals surface area contributed by atoms with E-state index in [1.807, 2.05) is 0 Å². The van der Waals surface area contributed by atoms with Gasteiger partial charge in [-0.05, 0) is 12.1 Å². The van der Waals surface area contributed by atoms with Crippen molar-refractivity contribution in [2.45, 2.75) is 0 Å². The molecule has 18 heavy (non-hydrogen) atoms. The third-order valence-corrected chi connectivity index (χ3v) is 3.33. The Bertz CT molecular complexity index is 588. The van der Waals surface area contributed by atoms with Crippen LogP contribution < -0.4 is 10.1 Å². The van der Waals surface area contributed by atoms with Gasteiger partial charge in [-0.15, -0.1) is 11.3 Å². The van der Waals surface area contributed by atoms with E-state index >= 15 is 0 Å². The lowest BCUT2D eigenvalue weighted by atomic mass is 10.4. The first-order valence-corrected chi connectivity index (χ1v) is 6.31. The van der Waals surface area contributed by atoms with Crippen LogP contribution >= 0.6 is 34.5 Å². The summed E-state index contributed by atoms with van der Waals surface area (Å²) in [7, 11) is 1.45. The van der Waals surface area contributed by atoms with Crippen molar-refractivity contribution in [2.75, 3.05) is 12.4 Å². The van der Waals surface area contributed by atoms with Gasteiger partial charge in [0.25, 0.3) is 5.91 Å². The van der Waals surface area contributed by atoms with E-state index in [-0.39, 0.29) is 22.9 Å². The quantitative estimate of drug-likeness (QED) is 0.885. The van der Waals surface area contributed by atoms with Crippen LogP contribution in [0.15, 0.2) is 18.2 Å². The first-order chi connectivity index (χ1) is 8.58. The molecule has 0 saturated carbocycles. The van der Waals surface area contributed by atoms with Crippen LogP contribution in [0.25, 0.3) is 0 Å². The molecular weight excluding hydrogens is 297 g/mol. The highest BCUT2D eigenvalue weighted by atomic mass is 35.5. The van der Waals surface area contributed by atoms with Gasteiger partial charge < -0.3 is 4.74 Å². The number of carbonyl (C=O) groups excluding carboxylic acids is 1. The van der Waals surface area contributed by atoms with E-state index < -0.39 is 0 Å². The van der Waals surface area contributed by atoms with E-state index in [9.17, 15) is 4.79 Å². The zero-order valence-corrected chi connectivity index (χ0v) is 11.4. The van der Waals surface area contributed by atoms with Gasteiger partial charge in [0, 0.05) is 6.07 Å². The van der Waals surface area contributed by atoms with Crippen molar-refractivity contribution >= 4 is 46.4 Å². The van der Waals surface area contributed by atoms with Gasteiger partial charge in [-0.3, -0.25) is 10.1 Å². The lowest BCUT2D eigenvalue weighted by Gasteiger charge is -2.04. The summed E-state index contributed by atoms with van der Waals surface area (Å²) in [5, 5.41) is 2.70. The van der Waals surface area contributed by atoms with Crippen molar-refractivity contribution in [1.82, 2.24) is 9.97 Å². The first-order valence-electron chi connectivity index (χ1n) is 4.74. The molecule has 0 aromatic carbocycles. The highest BCUT2D eigenvalue weighted by molar-refractivity contribution is 7.18. The molecule has 0 saturated heterocycles. The number of anilines is 1. The molecule has 2 rings (SSSR count). The smallest absolute Gasteiger partial charge is 0.268 e. The molecule has 2 heterocycles. The van der Waals surface area contributed by atoms with Crippen LogP contribution in [0.2, 0.25) is 9.49 Å². The maximum Gasteiger partial charge on any atom is 0.268 e. The Morgan fingerprint density at radius 3 is 2.78 bits per heavy atom. The minimum Gasteiger partial charge on any atom is -0.481 e. The number of methoxy groups -OCH3 is 1. The Morgan fingerprint density at radius 2 is 2.17 bits per heavy atom. The van der Waals surface area contributed by atoms with Gasteiger partial charge in [0.15, 0.2) is 0 Å². The van der Waals surface area contributed by atoms with Crippen LogP contribution in [-0.2, 0) is 0 Å². The van der Waals surface area contributed by atoms with E-state index in [0.29, 0.717) is 9.21 Å². The number of nitrogens with one attached hydrogen (secondary N) is 1. The minimum absolute atomic E-state index is 0.0777. The van der Waals surface area contributed by atoms with E-state index in [4.69, 9.17) is 27.9 Å². The van der Waals surface area contributed by atoms with Crippen LogP contribution in [-0.4, -0.2) is 23.0 Å². The van der Waals surface area contributed by atoms with E-state index in [0.717, 1.165) is 11.3 Å². The van der Waals surface area contributed by atoms with E-state index in [2.05, 4.69) is 15.3 Å². The number of aromatic nitrogens is 2. The van der Waals surface area contributed by atoms with Crippen molar-refractivity contribution in [3.8, 4) is 5.88 Å². The van der Waals surface area contributed by atoms with Gasteiger partial charge in [-0.25, -0.2) is 4.98 Å². The number of hydrogen-bond donors (Lipinski definition) is 1. The fraction of sp³-hybridized carbons (Fsp3) is 0.100. The van der Waals surface area contributed by atoms with Gasteiger partial charge in [0.2, 0.25) is 11.8 Å². The average Bonchev–Trinajstić information content (AvgIpc) is 2.75. The second-order valence-electron chi connectivity index (χ2n) is 3.11. The molecule has 0 atom stereocenters. The molecule has 0 aliphatic heterocycles. The second kappa shape index (κ2) is 5.51. The molecule has 2 aromatic rings. The third-order valence-electron chi connectivity index (χ3n) is 1.90. The van der Waals surface area contributed by atoms with Crippen molar-refractivity contribution in [2.24, 2.45) is 0 Å². The molecule has 0 radical (unpaired) electrons. The van der Waals surface area contributed by atoms with Crippen LogP contribution in [0, 0.1) is 0 Å². The maximum absolute atomic E-state index is 11.8. The largest absolute Gasteiger partial charge is 0.481 e. The Morgan fingerprint density at radius 1 is 1.39 bits per heavy atom. The van der Waals surface area contributed by atoms with Crippen molar-refractivity contribution in [3.63, 3.8) is 0 Å². The molecule has 0 spiro atoms. The molecule has 1 N–H and O–H groups in total. The fourth-order valence-corrected chi connectivity index (χ4v) is 2.27. The summed E-state index contributed by atoms with van der Waals surface area (Å²) in [6.07, 6.45) is 0. The van der Waals surface area contributed by atoms with Crippen LogP contribution in [0.5, 0.6) is 5.88 Å². The normalized spacial score (nSPS) is 10.2. The highest BCUT2D eigenvalue weighted by Gasteiger charge is 2.11. The van der Waals surface area contributed by atoms with Crippen molar-refractivity contribution < 1.29 is 9.53 Å². The molecule has 0 bridgehead atoms. The van der Waals surface area contributed by atoms with Gasteiger partial charge in [0.1, 0.15) is 5.15 Å². The Labute approximate surface area is 117 Å². The van der Waals surface area contributed by atoms with Crippen LogP contribution in [0.4, 0.5) is 5.95 Å². The predicted octanol–water partition coefficient (Wildman–Crippen LogP) is 3.11. The number of halogens is 2. The molecule has 8 heteroatoms. The van der Waals surface area contributed by atoms with E-state index in [1.54, 1.807) is 12.1 Å². The number of carbonyl (C=O) groups is 1. The number of rotatable bonds is 3. The monoisotopic (exact) mass is 303 g/mol. The minimum atomic E-state index is -0.351. The predicted molar refractivity (Wildman–Crippen MR) is 70.9 cm³/mol. The number of nitrogens with zero attached hydrogens (tertiary/aromatic N) is 2. The van der Waals surface area contributed by atoms with Gasteiger partial charge in [-0.2, -0.15) is 4.98 Å². The van der Waals surface area contributed by atoms with Gasteiger partial charge in [0.05, 0.1) is 16.3 Å². The number of thiophene rings is 1. The molecule has 1 amide bonds. The summed E-state index contributed by atoms with van der Waals surface area (Å²) in [6, 6.07) is 4.70. The fourth-order valence-electron chi connectivity index (χ4n) is 1.16. The topological polar surface area (TPSA) is 64.1 Å². The Balaban J connectivity index is 2.18. The second-order valence-corrected chi connectivity index (χ2v) is 5.22. The van der Waals surface area contributed by atoms with Crippen molar-refractivity contribution in [1.29, 1.82) is 0 Å². The molecule has 94 valence electrons. The van der Waals surface area contributed by atoms with Gasteiger partial charge >= 0.3 is 0 Å².